The van der Waals surface area contributed by atoms with Crippen LogP contribution in [-0.2, 0) is 12.7 Å². The summed E-state index contributed by atoms with van der Waals surface area (Å²) in [5.74, 6) is -0.512. The van der Waals surface area contributed by atoms with Gasteiger partial charge in [-0.3, -0.25) is 14.5 Å². The van der Waals surface area contributed by atoms with E-state index in [4.69, 9.17) is 4.74 Å². The van der Waals surface area contributed by atoms with Gasteiger partial charge in [0.2, 0.25) is 0 Å². The molecule has 3 aromatic rings. The number of para-hydroxylation sites is 1. The zero-order valence-corrected chi connectivity index (χ0v) is 20.1. The molecule has 2 amide bonds. The molecule has 0 unspecified atom stereocenters. The minimum absolute atomic E-state index is 0.00191. The fraction of sp³-hybridized carbons (Fsp3) is 0.308. The van der Waals surface area contributed by atoms with Gasteiger partial charge in [0.1, 0.15) is 5.75 Å². The highest BCUT2D eigenvalue weighted by Crippen LogP contribution is 2.29. The van der Waals surface area contributed by atoms with E-state index in [9.17, 15) is 22.8 Å². The van der Waals surface area contributed by atoms with Gasteiger partial charge in [0, 0.05) is 38.1 Å². The maximum Gasteiger partial charge on any atom is 0.416 e. The SMILES string of the molecule is COc1ccccc1C(=O)Nc1nccnc1C(=O)NC1CCN(Cc2ccc(C(F)(F)F)cc2)CC1. The molecular weight excluding hydrogens is 487 g/mol. The molecule has 194 valence electrons. The van der Waals surface area contributed by atoms with Gasteiger partial charge < -0.3 is 15.4 Å². The highest BCUT2D eigenvalue weighted by molar-refractivity contribution is 6.08. The number of carbonyl (C=O) groups excluding carboxylic acids is 2. The Balaban J connectivity index is 1.32. The van der Waals surface area contributed by atoms with E-state index in [2.05, 4.69) is 25.5 Å². The van der Waals surface area contributed by atoms with Crippen molar-refractivity contribution in [2.45, 2.75) is 31.6 Å². The fourth-order valence-electron chi connectivity index (χ4n) is 4.15. The predicted octanol–water partition coefficient (Wildman–Crippen LogP) is 4.15. The number of methoxy groups -OCH3 is 1. The molecule has 0 spiro atoms. The Hall–Kier alpha value is -3.99. The van der Waals surface area contributed by atoms with Crippen molar-refractivity contribution in [1.29, 1.82) is 0 Å². The summed E-state index contributed by atoms with van der Waals surface area (Å²) in [7, 11) is 1.46. The molecule has 1 saturated heterocycles. The van der Waals surface area contributed by atoms with E-state index in [0.29, 0.717) is 43.8 Å². The summed E-state index contributed by atoms with van der Waals surface area (Å²) < 4.78 is 43.5. The number of halogens is 3. The Morgan fingerprint density at radius 1 is 1.00 bits per heavy atom. The van der Waals surface area contributed by atoms with Crippen molar-refractivity contribution >= 4 is 17.6 Å². The molecule has 1 fully saturated rings. The van der Waals surface area contributed by atoms with E-state index >= 15 is 0 Å². The second-order valence-corrected chi connectivity index (χ2v) is 8.63. The van der Waals surface area contributed by atoms with E-state index in [1.54, 1.807) is 24.3 Å². The van der Waals surface area contributed by atoms with Crippen molar-refractivity contribution in [2.24, 2.45) is 0 Å². The number of rotatable bonds is 7. The average Bonchev–Trinajstić information content (AvgIpc) is 2.90. The van der Waals surface area contributed by atoms with E-state index in [1.165, 1.54) is 31.6 Å². The summed E-state index contributed by atoms with van der Waals surface area (Å²) >= 11 is 0. The molecule has 0 saturated carbocycles. The molecule has 1 aromatic heterocycles. The van der Waals surface area contributed by atoms with Gasteiger partial charge >= 0.3 is 6.18 Å². The summed E-state index contributed by atoms with van der Waals surface area (Å²) in [4.78, 5) is 36.1. The number of hydrogen-bond acceptors (Lipinski definition) is 6. The second kappa shape index (κ2) is 11.4. The Labute approximate surface area is 211 Å². The number of likely N-dealkylation sites (tertiary alicyclic amines) is 1. The Bertz CT molecular complexity index is 1240. The molecule has 0 atom stereocenters. The summed E-state index contributed by atoms with van der Waals surface area (Å²) in [6.07, 6.45) is -0.269. The molecule has 2 heterocycles. The highest BCUT2D eigenvalue weighted by atomic mass is 19.4. The van der Waals surface area contributed by atoms with Crippen LogP contribution >= 0.6 is 0 Å². The average molecular weight is 514 g/mol. The van der Waals surface area contributed by atoms with Crippen LogP contribution in [0, 0.1) is 0 Å². The van der Waals surface area contributed by atoms with Gasteiger partial charge in [-0.2, -0.15) is 13.2 Å². The zero-order chi connectivity index (χ0) is 26.4. The van der Waals surface area contributed by atoms with Crippen molar-refractivity contribution < 1.29 is 27.5 Å². The van der Waals surface area contributed by atoms with Gasteiger partial charge in [-0.15, -0.1) is 0 Å². The monoisotopic (exact) mass is 513 g/mol. The van der Waals surface area contributed by atoms with Crippen LogP contribution in [0.3, 0.4) is 0 Å². The Morgan fingerprint density at radius 3 is 2.35 bits per heavy atom. The first-order valence-electron chi connectivity index (χ1n) is 11.7. The number of alkyl halides is 3. The molecule has 1 aliphatic rings. The number of anilines is 1. The summed E-state index contributed by atoms with van der Waals surface area (Å²) in [6, 6.07) is 11.7. The maximum absolute atomic E-state index is 13.0. The fourth-order valence-corrected chi connectivity index (χ4v) is 4.15. The molecule has 2 aromatic carbocycles. The third-order valence-electron chi connectivity index (χ3n) is 6.11. The molecule has 4 rings (SSSR count). The lowest BCUT2D eigenvalue weighted by molar-refractivity contribution is -0.137. The molecule has 0 radical (unpaired) electrons. The first kappa shape index (κ1) is 26.1. The van der Waals surface area contributed by atoms with Gasteiger partial charge in [0.25, 0.3) is 11.8 Å². The van der Waals surface area contributed by atoms with Crippen LogP contribution in [0.15, 0.2) is 60.9 Å². The quantitative estimate of drug-likeness (QED) is 0.493. The van der Waals surface area contributed by atoms with Crippen LogP contribution in [0.2, 0.25) is 0 Å². The van der Waals surface area contributed by atoms with Crippen molar-refractivity contribution in [3.63, 3.8) is 0 Å². The Kier molecular flexibility index (Phi) is 8.02. The number of amides is 2. The van der Waals surface area contributed by atoms with E-state index in [0.717, 1.165) is 17.7 Å². The van der Waals surface area contributed by atoms with Crippen molar-refractivity contribution in [3.8, 4) is 5.75 Å². The molecule has 0 bridgehead atoms. The highest BCUT2D eigenvalue weighted by Gasteiger charge is 2.30. The second-order valence-electron chi connectivity index (χ2n) is 8.63. The molecule has 2 N–H and O–H groups in total. The van der Waals surface area contributed by atoms with Crippen LogP contribution in [0.4, 0.5) is 19.0 Å². The lowest BCUT2D eigenvalue weighted by atomic mass is 10.0. The Morgan fingerprint density at radius 2 is 1.68 bits per heavy atom. The van der Waals surface area contributed by atoms with E-state index in [1.807, 2.05) is 0 Å². The molecule has 8 nitrogen and oxygen atoms in total. The topological polar surface area (TPSA) is 96.5 Å². The van der Waals surface area contributed by atoms with E-state index < -0.39 is 23.6 Å². The van der Waals surface area contributed by atoms with E-state index in [-0.39, 0.29) is 17.6 Å². The number of nitrogens with zero attached hydrogens (tertiary/aromatic N) is 3. The van der Waals surface area contributed by atoms with Crippen LogP contribution in [0.1, 0.15) is 44.8 Å². The first-order valence-corrected chi connectivity index (χ1v) is 11.7. The number of aromatic nitrogens is 2. The largest absolute Gasteiger partial charge is 0.496 e. The van der Waals surface area contributed by atoms with Crippen molar-refractivity contribution in [3.05, 3.63) is 83.3 Å². The minimum atomic E-state index is -4.35. The minimum Gasteiger partial charge on any atom is -0.496 e. The molecule has 1 aliphatic heterocycles. The smallest absolute Gasteiger partial charge is 0.416 e. The molecule has 11 heteroatoms. The number of nitrogens with one attached hydrogen (secondary N) is 2. The predicted molar refractivity (Wildman–Crippen MR) is 130 cm³/mol. The van der Waals surface area contributed by atoms with Crippen molar-refractivity contribution in [1.82, 2.24) is 20.2 Å². The summed E-state index contributed by atoms with van der Waals surface area (Å²) in [6.45, 7) is 1.87. The number of hydrogen-bond donors (Lipinski definition) is 2. The third kappa shape index (κ3) is 6.62. The lowest BCUT2D eigenvalue weighted by Gasteiger charge is -2.32. The number of benzene rings is 2. The summed E-state index contributed by atoms with van der Waals surface area (Å²) in [5.41, 5.74) is 0.422. The standard InChI is InChI=1S/C26H26F3N5O3/c1-37-21-5-3-2-4-20(21)24(35)33-23-22(30-12-13-31-23)25(36)32-19-10-14-34(15-11-19)16-17-6-8-18(9-7-17)26(27,28)29/h2-9,12-13,19H,10-11,14-16H2,1H3,(H,32,36)(H,31,33,35). The summed E-state index contributed by atoms with van der Waals surface area (Å²) in [5, 5.41) is 5.59. The number of carbonyl (C=O) groups is 2. The number of piperidine rings is 1. The molecule has 37 heavy (non-hydrogen) atoms. The van der Waals surface area contributed by atoms with Crippen LogP contribution in [-0.4, -0.2) is 52.9 Å². The van der Waals surface area contributed by atoms with Crippen molar-refractivity contribution in [2.75, 3.05) is 25.5 Å². The van der Waals surface area contributed by atoms with Gasteiger partial charge in [0.15, 0.2) is 11.5 Å². The van der Waals surface area contributed by atoms with Crippen LogP contribution < -0.4 is 15.4 Å². The maximum atomic E-state index is 13.0. The third-order valence-corrected chi connectivity index (χ3v) is 6.11. The van der Waals surface area contributed by atoms with Gasteiger partial charge in [-0.05, 0) is 42.7 Å². The molecular formula is C26H26F3N5O3. The number of ether oxygens (including phenoxy) is 1. The van der Waals surface area contributed by atoms with Crippen LogP contribution in [0.5, 0.6) is 5.75 Å². The van der Waals surface area contributed by atoms with Crippen LogP contribution in [0.25, 0.3) is 0 Å². The van der Waals surface area contributed by atoms with Gasteiger partial charge in [-0.1, -0.05) is 24.3 Å². The lowest BCUT2D eigenvalue weighted by Crippen LogP contribution is -2.44. The normalized spacial score (nSPS) is 14.7. The zero-order valence-electron chi connectivity index (χ0n) is 20.1. The molecule has 0 aliphatic carbocycles. The van der Waals surface area contributed by atoms with Gasteiger partial charge in [0.05, 0.1) is 18.2 Å². The van der Waals surface area contributed by atoms with Gasteiger partial charge in [-0.25, -0.2) is 9.97 Å². The first-order chi connectivity index (χ1) is 17.7.